The van der Waals surface area contributed by atoms with Crippen LogP contribution in [-0.2, 0) is 34.9 Å². The van der Waals surface area contributed by atoms with Gasteiger partial charge in [-0.1, -0.05) is 61.0 Å². The van der Waals surface area contributed by atoms with Crippen molar-refractivity contribution in [3.63, 3.8) is 0 Å². The van der Waals surface area contributed by atoms with Gasteiger partial charge in [0.25, 0.3) is 0 Å². The first-order chi connectivity index (χ1) is 19.5. The molecule has 0 bridgehead atoms. The summed E-state index contributed by atoms with van der Waals surface area (Å²) >= 11 is 0. The van der Waals surface area contributed by atoms with E-state index in [4.69, 9.17) is 33.2 Å². The molecule has 0 amide bonds. The Balaban J connectivity index is 2.99. The first-order valence-electron chi connectivity index (χ1n) is 14.0. The average molecular weight is 598 g/mol. The molecule has 1 unspecified atom stereocenters. The second-order valence-corrected chi connectivity index (χ2v) is 12.2. The van der Waals surface area contributed by atoms with Gasteiger partial charge in [-0.3, -0.25) is 4.79 Å². The molecule has 0 aliphatic rings. The highest BCUT2D eigenvalue weighted by molar-refractivity contribution is 5.76. The fourth-order valence-corrected chi connectivity index (χ4v) is 3.28. The largest absolute Gasteiger partial charge is 0.513 e. The third-order valence-electron chi connectivity index (χ3n) is 5.27. The maximum atomic E-state index is 12.5. The molecule has 0 aromatic heterocycles. The molecule has 0 radical (unpaired) electrons. The molecule has 2 atom stereocenters. The lowest BCUT2D eigenvalue weighted by Crippen LogP contribution is -2.41. The Hall–Kier alpha value is -3.54. The molecule has 42 heavy (non-hydrogen) atoms. The first-order valence-corrected chi connectivity index (χ1v) is 14.0. The SMILES string of the molecule is CCCC(C)OC(=O)OCCN[C@@H](Cc1ccc(OC(=O)OCC(C)(C)C)c(OC(=O)OCC(C)(C)C)c1)C(=O)OC. The summed E-state index contributed by atoms with van der Waals surface area (Å²) in [7, 11) is 1.25. The van der Waals surface area contributed by atoms with Crippen LogP contribution in [0.1, 0.15) is 73.8 Å². The molecule has 12 nitrogen and oxygen atoms in total. The molecule has 0 saturated heterocycles. The van der Waals surface area contributed by atoms with Crippen molar-refractivity contribution in [1.29, 1.82) is 0 Å². The van der Waals surface area contributed by atoms with Gasteiger partial charge in [-0.2, -0.15) is 0 Å². The maximum Gasteiger partial charge on any atom is 0.513 e. The number of benzene rings is 1. The van der Waals surface area contributed by atoms with Crippen molar-refractivity contribution in [2.45, 2.75) is 86.8 Å². The fourth-order valence-electron chi connectivity index (χ4n) is 3.28. The highest BCUT2D eigenvalue weighted by Crippen LogP contribution is 2.30. The number of hydrogen-bond acceptors (Lipinski definition) is 12. The second-order valence-electron chi connectivity index (χ2n) is 12.2. The Labute approximate surface area is 248 Å². The van der Waals surface area contributed by atoms with Crippen LogP contribution in [-0.4, -0.2) is 70.1 Å². The van der Waals surface area contributed by atoms with Crippen molar-refractivity contribution in [1.82, 2.24) is 5.32 Å². The van der Waals surface area contributed by atoms with Gasteiger partial charge in [-0.25, -0.2) is 14.4 Å². The number of rotatable bonds is 14. The van der Waals surface area contributed by atoms with Gasteiger partial charge in [-0.15, -0.1) is 0 Å². The quantitative estimate of drug-likeness (QED) is 0.119. The number of ether oxygens (including phenoxy) is 7. The molecule has 0 aliphatic carbocycles. The number of hydrogen-bond donors (Lipinski definition) is 1. The minimum Gasteiger partial charge on any atom is -0.468 e. The standard InChI is InChI=1S/C30H47NO11/c1-10-11-20(2)40-26(33)37-15-14-31-22(25(32)36-9)16-21-12-13-23(41-27(34)38-18-29(3,4)5)24(17-21)42-28(35)39-19-30(6,7)8/h12-13,17,20,22,31H,10-11,14-16,18-19H2,1-9H3/t20?,22-/m0/s1. The number of esters is 1. The molecule has 1 aromatic rings. The maximum absolute atomic E-state index is 12.5. The predicted octanol–water partition coefficient (Wildman–Crippen LogP) is 5.83. The topological polar surface area (TPSA) is 145 Å². The lowest BCUT2D eigenvalue weighted by molar-refractivity contribution is -0.143. The van der Waals surface area contributed by atoms with E-state index in [1.54, 1.807) is 13.0 Å². The summed E-state index contributed by atoms with van der Waals surface area (Å²) < 4.78 is 36.1. The van der Waals surface area contributed by atoms with Crippen molar-refractivity contribution < 1.29 is 52.3 Å². The van der Waals surface area contributed by atoms with Crippen LogP contribution in [0.2, 0.25) is 0 Å². The van der Waals surface area contributed by atoms with E-state index in [-0.39, 0.29) is 61.2 Å². The smallest absolute Gasteiger partial charge is 0.468 e. The van der Waals surface area contributed by atoms with Crippen LogP contribution in [0.5, 0.6) is 11.5 Å². The summed E-state index contributed by atoms with van der Waals surface area (Å²) in [6.45, 7) is 15.4. The minimum atomic E-state index is -0.991. The number of carbonyl (C=O) groups excluding carboxylic acids is 4. The van der Waals surface area contributed by atoms with Crippen LogP contribution < -0.4 is 14.8 Å². The molecule has 0 heterocycles. The van der Waals surface area contributed by atoms with Gasteiger partial charge in [0.15, 0.2) is 11.5 Å². The molecular formula is C30H47NO11. The van der Waals surface area contributed by atoms with E-state index >= 15 is 0 Å². The summed E-state index contributed by atoms with van der Waals surface area (Å²) in [5.41, 5.74) is -0.0428. The number of carbonyl (C=O) groups is 4. The Morgan fingerprint density at radius 2 is 1.40 bits per heavy atom. The van der Waals surface area contributed by atoms with E-state index in [9.17, 15) is 19.2 Å². The third kappa shape index (κ3) is 16.0. The predicted molar refractivity (Wildman–Crippen MR) is 154 cm³/mol. The van der Waals surface area contributed by atoms with E-state index in [0.717, 1.165) is 12.8 Å². The molecule has 1 rings (SSSR count). The molecule has 0 spiro atoms. The first kappa shape index (κ1) is 36.5. The van der Waals surface area contributed by atoms with E-state index < -0.39 is 30.5 Å². The van der Waals surface area contributed by atoms with E-state index in [1.807, 2.05) is 48.5 Å². The molecule has 1 N–H and O–H groups in total. The summed E-state index contributed by atoms with van der Waals surface area (Å²) in [4.78, 5) is 49.0. The Bertz CT molecular complexity index is 1030. The van der Waals surface area contributed by atoms with Crippen molar-refractivity contribution in [3.8, 4) is 11.5 Å². The van der Waals surface area contributed by atoms with Crippen LogP contribution in [0.3, 0.4) is 0 Å². The molecule has 0 aliphatic heterocycles. The molecule has 0 fully saturated rings. The van der Waals surface area contributed by atoms with Gasteiger partial charge in [0.05, 0.1) is 20.3 Å². The zero-order valence-electron chi connectivity index (χ0n) is 26.3. The van der Waals surface area contributed by atoms with E-state index in [2.05, 4.69) is 5.32 Å². The zero-order valence-corrected chi connectivity index (χ0v) is 26.3. The van der Waals surface area contributed by atoms with Gasteiger partial charge in [0.2, 0.25) is 0 Å². The number of methoxy groups -OCH3 is 1. The van der Waals surface area contributed by atoms with Crippen LogP contribution in [0.15, 0.2) is 18.2 Å². The van der Waals surface area contributed by atoms with Crippen molar-refractivity contribution in [3.05, 3.63) is 23.8 Å². The van der Waals surface area contributed by atoms with Crippen molar-refractivity contribution in [2.75, 3.05) is 33.5 Å². The lowest BCUT2D eigenvalue weighted by atomic mass is 9.99. The van der Waals surface area contributed by atoms with Crippen LogP contribution in [0.25, 0.3) is 0 Å². The van der Waals surface area contributed by atoms with Crippen molar-refractivity contribution >= 4 is 24.4 Å². The molecule has 238 valence electrons. The second kappa shape index (κ2) is 17.4. The minimum absolute atomic E-state index is 0.0391. The van der Waals surface area contributed by atoms with Gasteiger partial charge in [0, 0.05) is 6.54 Å². The van der Waals surface area contributed by atoms with Crippen LogP contribution in [0.4, 0.5) is 14.4 Å². The molecule has 1 aromatic carbocycles. The molecular weight excluding hydrogens is 550 g/mol. The van der Waals surface area contributed by atoms with Crippen LogP contribution >= 0.6 is 0 Å². The highest BCUT2D eigenvalue weighted by Gasteiger charge is 2.24. The fraction of sp³-hybridized carbons (Fsp3) is 0.667. The van der Waals surface area contributed by atoms with E-state index in [0.29, 0.717) is 5.56 Å². The molecule has 12 heteroatoms. The zero-order chi connectivity index (χ0) is 31.9. The normalized spacial score (nSPS) is 12.9. The monoisotopic (exact) mass is 597 g/mol. The van der Waals surface area contributed by atoms with Gasteiger partial charge in [-0.05, 0) is 48.3 Å². The Kier molecular flexibility index (Phi) is 15.1. The Morgan fingerprint density at radius 3 is 1.93 bits per heavy atom. The van der Waals surface area contributed by atoms with Crippen molar-refractivity contribution in [2.24, 2.45) is 10.8 Å². The Morgan fingerprint density at radius 1 is 0.833 bits per heavy atom. The van der Waals surface area contributed by atoms with Gasteiger partial charge in [0.1, 0.15) is 18.8 Å². The lowest BCUT2D eigenvalue weighted by Gasteiger charge is -2.20. The number of nitrogens with one attached hydrogen (secondary N) is 1. The third-order valence-corrected chi connectivity index (χ3v) is 5.27. The van der Waals surface area contributed by atoms with Crippen LogP contribution in [0, 0.1) is 10.8 Å². The van der Waals surface area contributed by atoms with Gasteiger partial charge >= 0.3 is 24.4 Å². The summed E-state index contributed by atoms with van der Waals surface area (Å²) in [6.07, 6.45) is -1.31. The van der Waals surface area contributed by atoms with Gasteiger partial charge < -0.3 is 38.5 Å². The summed E-state index contributed by atoms with van der Waals surface area (Å²) in [5, 5.41) is 2.98. The summed E-state index contributed by atoms with van der Waals surface area (Å²) in [5.74, 6) is -0.737. The highest BCUT2D eigenvalue weighted by atomic mass is 16.7. The van der Waals surface area contributed by atoms with E-state index in [1.165, 1.54) is 19.2 Å². The summed E-state index contributed by atoms with van der Waals surface area (Å²) in [6, 6.07) is 3.63. The molecule has 0 saturated carbocycles. The average Bonchev–Trinajstić information content (AvgIpc) is 2.88.